The van der Waals surface area contributed by atoms with Crippen molar-refractivity contribution in [2.24, 2.45) is 0 Å². The van der Waals surface area contributed by atoms with E-state index in [0.717, 1.165) is 17.8 Å². The van der Waals surface area contributed by atoms with Crippen LogP contribution < -0.4 is 5.32 Å². The number of rotatable bonds is 6. The summed E-state index contributed by atoms with van der Waals surface area (Å²) in [4.78, 5) is 21.8. The van der Waals surface area contributed by atoms with Crippen LogP contribution in [0.1, 0.15) is 50.2 Å². The number of nitrogens with zero attached hydrogens (tertiary/aromatic N) is 2. The molecule has 0 spiro atoms. The van der Waals surface area contributed by atoms with Crippen molar-refractivity contribution in [1.29, 1.82) is 0 Å². The van der Waals surface area contributed by atoms with Crippen LogP contribution in [0.15, 0.2) is 72.9 Å². The van der Waals surface area contributed by atoms with Crippen LogP contribution in [0.5, 0.6) is 5.75 Å². The molecule has 0 bridgehead atoms. The standard InChI is InChI=1S/C29H23F2N3O3/c1-18-14-20(3-2-19-4-10-24(12-13-35)32-17-19)15-26(33-18)29(37)34-28(21-5-7-22(30)8-6-21)25-16-23(31)9-11-27(25)36/h4-11,14-17,28,35-36H,12-13H2,1H3,(H,34,37). The zero-order chi connectivity index (χ0) is 26.4. The summed E-state index contributed by atoms with van der Waals surface area (Å²) >= 11 is 0. The summed E-state index contributed by atoms with van der Waals surface area (Å²) in [7, 11) is 0. The normalized spacial score (nSPS) is 11.4. The number of hydrogen-bond donors (Lipinski definition) is 3. The van der Waals surface area contributed by atoms with Crippen molar-refractivity contribution < 1.29 is 23.8 Å². The molecule has 1 unspecified atom stereocenters. The maximum absolute atomic E-state index is 14.0. The second-order valence-electron chi connectivity index (χ2n) is 8.31. The van der Waals surface area contributed by atoms with Gasteiger partial charge in [-0.1, -0.05) is 24.0 Å². The third-order valence-corrected chi connectivity index (χ3v) is 5.51. The molecular weight excluding hydrogens is 476 g/mol. The maximum Gasteiger partial charge on any atom is 0.270 e. The number of aliphatic hydroxyl groups excluding tert-OH is 1. The minimum Gasteiger partial charge on any atom is -0.508 e. The largest absolute Gasteiger partial charge is 0.508 e. The smallest absolute Gasteiger partial charge is 0.270 e. The molecule has 2 heterocycles. The van der Waals surface area contributed by atoms with Gasteiger partial charge in [0.05, 0.1) is 6.04 Å². The number of pyridine rings is 2. The summed E-state index contributed by atoms with van der Waals surface area (Å²) in [5, 5.41) is 22.2. The Balaban J connectivity index is 1.63. The Morgan fingerprint density at radius 3 is 2.41 bits per heavy atom. The second-order valence-corrected chi connectivity index (χ2v) is 8.31. The lowest BCUT2D eigenvalue weighted by Gasteiger charge is -2.21. The van der Waals surface area contributed by atoms with Gasteiger partial charge in [0.25, 0.3) is 5.91 Å². The minimum absolute atomic E-state index is 0.0139. The van der Waals surface area contributed by atoms with Crippen molar-refractivity contribution in [2.75, 3.05) is 6.61 Å². The van der Waals surface area contributed by atoms with Gasteiger partial charge < -0.3 is 15.5 Å². The molecule has 186 valence electrons. The first-order valence-electron chi connectivity index (χ1n) is 11.4. The molecule has 6 nitrogen and oxygen atoms in total. The van der Waals surface area contributed by atoms with Crippen LogP contribution in [0.25, 0.3) is 0 Å². The van der Waals surface area contributed by atoms with Crippen LogP contribution >= 0.6 is 0 Å². The van der Waals surface area contributed by atoms with Crippen LogP contribution in [-0.2, 0) is 6.42 Å². The van der Waals surface area contributed by atoms with Gasteiger partial charge in [-0.25, -0.2) is 13.8 Å². The summed E-state index contributed by atoms with van der Waals surface area (Å²) in [6.45, 7) is 1.74. The summed E-state index contributed by atoms with van der Waals surface area (Å²) < 4.78 is 27.5. The van der Waals surface area contributed by atoms with E-state index in [1.165, 1.54) is 36.4 Å². The molecule has 0 radical (unpaired) electrons. The van der Waals surface area contributed by atoms with E-state index >= 15 is 0 Å². The van der Waals surface area contributed by atoms with Gasteiger partial charge in [-0.2, -0.15) is 0 Å². The zero-order valence-electron chi connectivity index (χ0n) is 19.9. The molecular formula is C29H23F2N3O3. The molecule has 2 aromatic heterocycles. The molecule has 1 amide bonds. The van der Waals surface area contributed by atoms with Gasteiger partial charge >= 0.3 is 0 Å². The summed E-state index contributed by atoms with van der Waals surface area (Å²) in [6, 6.07) is 14.6. The van der Waals surface area contributed by atoms with Crippen molar-refractivity contribution in [3.8, 4) is 17.6 Å². The molecule has 37 heavy (non-hydrogen) atoms. The highest BCUT2D eigenvalue weighted by Crippen LogP contribution is 2.30. The Morgan fingerprint density at radius 2 is 1.70 bits per heavy atom. The lowest BCUT2D eigenvalue weighted by atomic mass is 9.97. The van der Waals surface area contributed by atoms with Crippen LogP contribution in [0.4, 0.5) is 8.78 Å². The van der Waals surface area contributed by atoms with Crippen molar-refractivity contribution in [1.82, 2.24) is 15.3 Å². The number of aromatic nitrogens is 2. The van der Waals surface area contributed by atoms with E-state index in [4.69, 9.17) is 5.11 Å². The monoisotopic (exact) mass is 499 g/mol. The van der Waals surface area contributed by atoms with Gasteiger partial charge in [-0.05, 0) is 67.1 Å². The molecule has 1 atom stereocenters. The van der Waals surface area contributed by atoms with E-state index in [2.05, 4.69) is 27.1 Å². The van der Waals surface area contributed by atoms with Crippen LogP contribution in [-0.4, -0.2) is 32.7 Å². The highest BCUT2D eigenvalue weighted by atomic mass is 19.1. The third kappa shape index (κ3) is 6.54. The first-order chi connectivity index (χ1) is 17.8. The van der Waals surface area contributed by atoms with Crippen molar-refractivity contribution in [2.45, 2.75) is 19.4 Å². The maximum atomic E-state index is 14.0. The molecule has 0 saturated carbocycles. The second kappa shape index (κ2) is 11.4. The van der Waals surface area contributed by atoms with Crippen LogP contribution in [0.2, 0.25) is 0 Å². The molecule has 4 aromatic rings. The predicted octanol–water partition coefficient (Wildman–Crippen LogP) is 4.22. The number of nitrogens with one attached hydrogen (secondary N) is 1. The average molecular weight is 500 g/mol. The first kappa shape index (κ1) is 25.5. The number of phenolic OH excluding ortho intramolecular Hbond substituents is 1. The van der Waals surface area contributed by atoms with E-state index < -0.39 is 23.6 Å². The topological polar surface area (TPSA) is 95.3 Å². The fourth-order valence-corrected chi connectivity index (χ4v) is 3.72. The Kier molecular flexibility index (Phi) is 7.86. The van der Waals surface area contributed by atoms with Crippen molar-refractivity contribution in [3.05, 3.63) is 124 Å². The minimum atomic E-state index is -0.968. The SMILES string of the molecule is Cc1cc(C#Cc2ccc(CCO)nc2)cc(C(=O)NC(c2ccc(F)cc2)c2cc(F)ccc2O)n1. The van der Waals surface area contributed by atoms with E-state index in [-0.39, 0.29) is 23.6 Å². The zero-order valence-corrected chi connectivity index (χ0v) is 19.9. The summed E-state index contributed by atoms with van der Waals surface area (Å²) in [6.07, 6.45) is 2.07. The number of hydrogen-bond acceptors (Lipinski definition) is 5. The molecule has 0 aliphatic carbocycles. The van der Waals surface area contributed by atoms with Gasteiger partial charge in [0, 0.05) is 47.3 Å². The number of aryl methyl sites for hydroxylation is 1. The van der Waals surface area contributed by atoms with Crippen LogP contribution in [0.3, 0.4) is 0 Å². The van der Waals surface area contributed by atoms with E-state index in [9.17, 15) is 18.7 Å². The highest BCUT2D eigenvalue weighted by Gasteiger charge is 2.22. The number of benzene rings is 2. The van der Waals surface area contributed by atoms with Gasteiger partial charge in [-0.3, -0.25) is 9.78 Å². The molecule has 3 N–H and O–H groups in total. The molecule has 0 saturated heterocycles. The first-order valence-corrected chi connectivity index (χ1v) is 11.4. The third-order valence-electron chi connectivity index (χ3n) is 5.51. The fourth-order valence-electron chi connectivity index (χ4n) is 3.72. The Hall–Kier alpha value is -4.61. The van der Waals surface area contributed by atoms with E-state index in [1.54, 1.807) is 31.3 Å². The predicted molar refractivity (Wildman–Crippen MR) is 134 cm³/mol. The number of amides is 1. The Morgan fingerprint density at radius 1 is 0.973 bits per heavy atom. The van der Waals surface area contributed by atoms with E-state index in [0.29, 0.717) is 28.8 Å². The Labute approximate surface area is 212 Å². The van der Waals surface area contributed by atoms with Crippen molar-refractivity contribution in [3.63, 3.8) is 0 Å². The van der Waals surface area contributed by atoms with Gasteiger partial charge in [0.15, 0.2) is 0 Å². The van der Waals surface area contributed by atoms with Crippen LogP contribution in [0, 0.1) is 30.4 Å². The average Bonchev–Trinajstić information content (AvgIpc) is 2.89. The number of phenols is 1. The van der Waals surface area contributed by atoms with Gasteiger partial charge in [-0.15, -0.1) is 0 Å². The Bertz CT molecular complexity index is 1480. The molecule has 0 fully saturated rings. The molecule has 8 heteroatoms. The van der Waals surface area contributed by atoms with Gasteiger partial charge in [0.2, 0.25) is 0 Å². The summed E-state index contributed by atoms with van der Waals surface area (Å²) in [5.41, 5.74) is 3.16. The number of aliphatic hydroxyl groups is 1. The molecule has 4 rings (SSSR count). The van der Waals surface area contributed by atoms with E-state index in [1.807, 2.05) is 0 Å². The lowest BCUT2D eigenvalue weighted by Crippen LogP contribution is -2.30. The quantitative estimate of drug-likeness (QED) is 0.345. The number of aromatic hydroxyl groups is 1. The molecule has 2 aromatic carbocycles. The van der Waals surface area contributed by atoms with Crippen molar-refractivity contribution >= 4 is 5.91 Å². The fraction of sp³-hybridized carbons (Fsp3) is 0.138. The summed E-state index contributed by atoms with van der Waals surface area (Å²) in [5.74, 6) is 4.11. The lowest BCUT2D eigenvalue weighted by molar-refractivity contribution is 0.0937. The number of carbonyl (C=O) groups excluding carboxylic acids is 1. The number of carbonyl (C=O) groups is 1. The molecule has 0 aliphatic heterocycles. The highest BCUT2D eigenvalue weighted by molar-refractivity contribution is 5.93. The number of halogens is 2. The van der Waals surface area contributed by atoms with Gasteiger partial charge in [0.1, 0.15) is 23.1 Å². The molecule has 0 aliphatic rings.